The van der Waals surface area contributed by atoms with Crippen LogP contribution < -0.4 is 5.32 Å². The minimum atomic E-state index is -0.496. The Morgan fingerprint density at radius 3 is 2.28 bits per heavy atom. The number of amides is 2. The Kier molecular flexibility index (Phi) is 12.0. The van der Waals surface area contributed by atoms with E-state index >= 15 is 0 Å². The summed E-state index contributed by atoms with van der Waals surface area (Å²) in [4.78, 5) is 35.1. The summed E-state index contributed by atoms with van der Waals surface area (Å²) in [5.74, 6) is 1.44. The van der Waals surface area contributed by atoms with E-state index in [1.807, 2.05) is 25.7 Å². The molecule has 10 heteroatoms. The highest BCUT2D eigenvalue weighted by Crippen LogP contribution is 2.20. The van der Waals surface area contributed by atoms with Gasteiger partial charge < -0.3 is 29.5 Å². The van der Waals surface area contributed by atoms with Gasteiger partial charge in [0.2, 0.25) is 5.91 Å². The van der Waals surface area contributed by atoms with E-state index in [1.165, 1.54) is 0 Å². The molecule has 0 aromatic heterocycles. The van der Waals surface area contributed by atoms with Crippen LogP contribution in [0.15, 0.2) is 4.99 Å². The molecule has 0 aromatic rings. The van der Waals surface area contributed by atoms with Crippen molar-refractivity contribution >= 4 is 41.9 Å². The number of carbonyl (C=O) groups is 2. The van der Waals surface area contributed by atoms with Crippen molar-refractivity contribution in [2.75, 3.05) is 66.6 Å². The minimum absolute atomic E-state index is 0. The van der Waals surface area contributed by atoms with Gasteiger partial charge in [-0.25, -0.2) is 4.79 Å². The van der Waals surface area contributed by atoms with Gasteiger partial charge in [0.1, 0.15) is 5.60 Å². The molecule has 0 spiro atoms. The van der Waals surface area contributed by atoms with Crippen LogP contribution in [0.3, 0.4) is 0 Å². The Morgan fingerprint density at radius 1 is 1.16 bits per heavy atom. The number of guanidine groups is 1. The van der Waals surface area contributed by atoms with Crippen molar-refractivity contribution < 1.29 is 19.1 Å². The monoisotopic (exact) mass is 567 g/mol. The third-order valence-corrected chi connectivity index (χ3v) is 5.58. The van der Waals surface area contributed by atoms with E-state index in [0.717, 1.165) is 31.9 Å². The Labute approximate surface area is 210 Å². The number of halogens is 1. The first-order chi connectivity index (χ1) is 14.6. The van der Waals surface area contributed by atoms with Crippen LogP contribution in [0.2, 0.25) is 0 Å². The minimum Gasteiger partial charge on any atom is -0.444 e. The van der Waals surface area contributed by atoms with E-state index in [9.17, 15) is 9.59 Å². The van der Waals surface area contributed by atoms with Crippen molar-refractivity contribution in [2.24, 2.45) is 16.8 Å². The number of ether oxygens (including phenoxy) is 2. The molecular formula is C22H42IN5O4. The fraction of sp³-hybridized carbons (Fsp3) is 0.864. The second-order valence-corrected chi connectivity index (χ2v) is 9.59. The van der Waals surface area contributed by atoms with Crippen molar-refractivity contribution in [3.63, 3.8) is 0 Å². The maximum Gasteiger partial charge on any atom is 0.410 e. The molecule has 2 heterocycles. The molecule has 1 unspecified atom stereocenters. The number of hydrogen-bond donors (Lipinski definition) is 1. The summed E-state index contributed by atoms with van der Waals surface area (Å²) in [6.07, 6.45) is 1.37. The topological polar surface area (TPSA) is 86.7 Å². The first-order valence-corrected chi connectivity index (χ1v) is 11.4. The van der Waals surface area contributed by atoms with Crippen molar-refractivity contribution in [1.82, 2.24) is 20.0 Å². The summed E-state index contributed by atoms with van der Waals surface area (Å²) in [5.41, 5.74) is -0.496. The lowest BCUT2D eigenvalue weighted by Gasteiger charge is -2.37. The molecule has 0 bridgehead atoms. The highest BCUT2D eigenvalue weighted by atomic mass is 127. The Bertz CT molecular complexity index is 626. The lowest BCUT2D eigenvalue weighted by Crippen LogP contribution is -2.50. The van der Waals surface area contributed by atoms with Crippen molar-refractivity contribution in [1.29, 1.82) is 0 Å². The van der Waals surface area contributed by atoms with Gasteiger partial charge in [-0.3, -0.25) is 9.79 Å². The van der Waals surface area contributed by atoms with Crippen LogP contribution in [0.1, 0.15) is 40.5 Å². The predicted molar refractivity (Wildman–Crippen MR) is 137 cm³/mol. The molecule has 0 radical (unpaired) electrons. The highest BCUT2D eigenvalue weighted by Gasteiger charge is 2.30. The molecule has 2 saturated heterocycles. The van der Waals surface area contributed by atoms with Crippen molar-refractivity contribution in [3.8, 4) is 0 Å². The van der Waals surface area contributed by atoms with Gasteiger partial charge in [0.15, 0.2) is 5.96 Å². The molecule has 0 saturated carbocycles. The van der Waals surface area contributed by atoms with E-state index in [4.69, 9.17) is 9.47 Å². The SMILES string of the molecule is CN=C(NCC(C)CN(C)C(=O)OC(C)(C)C)N1CCC(C(=O)N2CCOCC2)CC1.I. The quantitative estimate of drug-likeness (QED) is 0.312. The van der Waals surface area contributed by atoms with E-state index in [-0.39, 0.29) is 47.8 Å². The normalized spacial score (nSPS) is 19.1. The lowest BCUT2D eigenvalue weighted by molar-refractivity contribution is -0.140. The second-order valence-electron chi connectivity index (χ2n) is 9.59. The standard InChI is InChI=1S/C22H41N5O4.HI/c1-17(16-25(6)21(29)31-22(2,3)4)15-24-20(23-5)27-9-7-18(8-10-27)19(28)26-11-13-30-14-12-26;/h17-18H,7-16H2,1-6H3,(H,23,24);1H. The van der Waals surface area contributed by atoms with E-state index in [2.05, 4.69) is 22.1 Å². The average Bonchev–Trinajstić information content (AvgIpc) is 2.73. The zero-order chi connectivity index (χ0) is 23.0. The van der Waals surface area contributed by atoms with Gasteiger partial charge in [-0.15, -0.1) is 24.0 Å². The Morgan fingerprint density at radius 2 is 1.75 bits per heavy atom. The van der Waals surface area contributed by atoms with Crippen LogP contribution in [-0.2, 0) is 14.3 Å². The van der Waals surface area contributed by atoms with Gasteiger partial charge in [0, 0.05) is 59.3 Å². The number of rotatable bonds is 5. The molecule has 2 aliphatic rings. The van der Waals surface area contributed by atoms with Gasteiger partial charge in [0.05, 0.1) is 13.2 Å². The molecular weight excluding hydrogens is 525 g/mol. The van der Waals surface area contributed by atoms with Crippen LogP contribution in [0.5, 0.6) is 0 Å². The third-order valence-electron chi connectivity index (χ3n) is 5.58. The first-order valence-electron chi connectivity index (χ1n) is 11.4. The number of morpholine rings is 1. The van der Waals surface area contributed by atoms with Gasteiger partial charge in [-0.2, -0.15) is 0 Å². The lowest BCUT2D eigenvalue weighted by atomic mass is 9.95. The summed E-state index contributed by atoms with van der Waals surface area (Å²) in [7, 11) is 3.54. The largest absolute Gasteiger partial charge is 0.444 e. The fourth-order valence-electron chi connectivity index (χ4n) is 3.92. The molecule has 2 aliphatic heterocycles. The molecule has 1 atom stereocenters. The number of piperidine rings is 1. The molecule has 2 amide bonds. The van der Waals surface area contributed by atoms with Gasteiger partial charge in [-0.05, 0) is 39.5 Å². The predicted octanol–water partition coefficient (Wildman–Crippen LogP) is 2.25. The molecule has 32 heavy (non-hydrogen) atoms. The molecule has 186 valence electrons. The Balaban J connectivity index is 0.00000512. The third kappa shape index (κ3) is 9.29. The summed E-state index contributed by atoms with van der Waals surface area (Å²) >= 11 is 0. The number of nitrogens with one attached hydrogen (secondary N) is 1. The zero-order valence-corrected chi connectivity index (χ0v) is 22.9. The van der Waals surface area contributed by atoms with Crippen LogP contribution in [0.4, 0.5) is 4.79 Å². The molecule has 9 nitrogen and oxygen atoms in total. The van der Waals surface area contributed by atoms with Crippen LogP contribution in [0, 0.1) is 11.8 Å². The molecule has 2 rings (SSSR count). The molecule has 0 aromatic carbocycles. The molecule has 2 fully saturated rings. The summed E-state index contributed by atoms with van der Waals surface area (Å²) in [5, 5.41) is 3.42. The number of hydrogen-bond acceptors (Lipinski definition) is 5. The number of carbonyl (C=O) groups excluding carboxylic acids is 2. The smallest absolute Gasteiger partial charge is 0.410 e. The van der Waals surface area contributed by atoms with Crippen LogP contribution >= 0.6 is 24.0 Å². The van der Waals surface area contributed by atoms with Crippen molar-refractivity contribution in [3.05, 3.63) is 0 Å². The van der Waals surface area contributed by atoms with Crippen LogP contribution in [-0.4, -0.2) is 105 Å². The van der Waals surface area contributed by atoms with E-state index in [1.54, 1.807) is 19.0 Å². The maximum absolute atomic E-state index is 12.7. The first kappa shape index (κ1) is 28.7. The number of aliphatic imine (C=N–C) groups is 1. The number of nitrogens with zero attached hydrogens (tertiary/aromatic N) is 4. The highest BCUT2D eigenvalue weighted by molar-refractivity contribution is 14.0. The molecule has 1 N–H and O–H groups in total. The van der Waals surface area contributed by atoms with E-state index < -0.39 is 5.60 Å². The zero-order valence-electron chi connectivity index (χ0n) is 20.6. The summed E-state index contributed by atoms with van der Waals surface area (Å²) in [6, 6.07) is 0. The van der Waals surface area contributed by atoms with Gasteiger partial charge >= 0.3 is 6.09 Å². The summed E-state index contributed by atoms with van der Waals surface area (Å²) < 4.78 is 10.8. The van der Waals surface area contributed by atoms with Crippen LogP contribution in [0.25, 0.3) is 0 Å². The number of likely N-dealkylation sites (tertiary alicyclic amines) is 1. The molecule has 0 aliphatic carbocycles. The second kappa shape index (κ2) is 13.4. The van der Waals surface area contributed by atoms with Crippen molar-refractivity contribution in [2.45, 2.75) is 46.1 Å². The average molecular weight is 568 g/mol. The van der Waals surface area contributed by atoms with E-state index in [0.29, 0.717) is 39.4 Å². The maximum atomic E-state index is 12.7. The summed E-state index contributed by atoms with van der Waals surface area (Å²) in [6.45, 7) is 13.3. The fourth-order valence-corrected chi connectivity index (χ4v) is 3.92. The van der Waals surface area contributed by atoms with Gasteiger partial charge in [-0.1, -0.05) is 6.92 Å². The van der Waals surface area contributed by atoms with Gasteiger partial charge in [0.25, 0.3) is 0 Å². The Hall–Kier alpha value is -1.30.